The van der Waals surface area contributed by atoms with Crippen molar-refractivity contribution in [1.29, 1.82) is 0 Å². The molecule has 0 unspecified atom stereocenters. The van der Waals surface area contributed by atoms with Crippen molar-refractivity contribution in [2.24, 2.45) is 0 Å². The zero-order chi connectivity index (χ0) is 14.0. The topological polar surface area (TPSA) is 77.5 Å². The quantitative estimate of drug-likeness (QED) is 0.740. The van der Waals surface area contributed by atoms with Crippen LogP contribution in [-0.4, -0.2) is 34.5 Å². The molecule has 5 nitrogen and oxygen atoms in total. The third-order valence-corrected chi connectivity index (χ3v) is 4.16. The molecule has 100 valence electrons. The largest absolute Gasteiger partial charge is 0.545 e. The Labute approximate surface area is 114 Å². The van der Waals surface area contributed by atoms with Crippen molar-refractivity contribution >= 4 is 29.5 Å². The third kappa shape index (κ3) is 2.63. The van der Waals surface area contributed by atoms with Gasteiger partial charge in [0.15, 0.2) is 0 Å². The number of hydrogen-bond donors (Lipinski definition) is 0. The van der Waals surface area contributed by atoms with Gasteiger partial charge in [0.2, 0.25) is 11.8 Å². The molecule has 0 aliphatic carbocycles. The molecule has 0 spiro atoms. The number of carbonyl (C=O) groups excluding carboxylic acids is 3. The Kier molecular flexibility index (Phi) is 3.90. The first kappa shape index (κ1) is 13.6. The smallest absolute Gasteiger partial charge is 0.243 e. The van der Waals surface area contributed by atoms with E-state index in [1.54, 1.807) is 25.1 Å². The van der Waals surface area contributed by atoms with Crippen LogP contribution in [0.1, 0.15) is 23.7 Å². The van der Waals surface area contributed by atoms with Gasteiger partial charge in [0, 0.05) is 23.4 Å². The molecule has 1 aromatic carbocycles. The van der Waals surface area contributed by atoms with Crippen LogP contribution in [-0.2, 0) is 9.59 Å². The lowest BCUT2D eigenvalue weighted by molar-refractivity contribution is -0.255. The van der Waals surface area contributed by atoms with Gasteiger partial charge >= 0.3 is 0 Å². The minimum atomic E-state index is -1.28. The van der Waals surface area contributed by atoms with E-state index in [2.05, 4.69) is 0 Å². The number of likely N-dealkylation sites (tertiary alicyclic amines) is 1. The summed E-state index contributed by atoms with van der Waals surface area (Å²) in [6, 6.07) is 6.32. The molecule has 0 N–H and O–H groups in total. The number of carboxylic acids is 1. The van der Waals surface area contributed by atoms with E-state index >= 15 is 0 Å². The SMILES string of the molecule is CCN1C(=O)C[C@H](Sc2ccccc2C(=O)[O-])C1=O. The molecule has 1 fully saturated rings. The Hall–Kier alpha value is -1.82. The number of imide groups is 1. The summed E-state index contributed by atoms with van der Waals surface area (Å²) in [5.41, 5.74) is 0.0442. The Morgan fingerprint density at radius 3 is 2.68 bits per heavy atom. The van der Waals surface area contributed by atoms with Crippen LogP contribution >= 0.6 is 11.8 Å². The van der Waals surface area contributed by atoms with E-state index in [9.17, 15) is 19.5 Å². The highest BCUT2D eigenvalue weighted by Gasteiger charge is 2.38. The monoisotopic (exact) mass is 278 g/mol. The summed E-state index contributed by atoms with van der Waals surface area (Å²) in [4.78, 5) is 36.2. The van der Waals surface area contributed by atoms with Crippen LogP contribution in [0.3, 0.4) is 0 Å². The average molecular weight is 278 g/mol. The molecule has 19 heavy (non-hydrogen) atoms. The maximum Gasteiger partial charge on any atom is 0.243 e. The number of aromatic carboxylic acids is 1. The van der Waals surface area contributed by atoms with Crippen molar-refractivity contribution in [3.63, 3.8) is 0 Å². The molecule has 1 heterocycles. The summed E-state index contributed by atoms with van der Waals surface area (Å²) in [5.74, 6) is -1.76. The van der Waals surface area contributed by atoms with Crippen LogP contribution in [0.15, 0.2) is 29.2 Å². The fourth-order valence-electron chi connectivity index (χ4n) is 1.97. The van der Waals surface area contributed by atoms with Gasteiger partial charge < -0.3 is 9.90 Å². The Morgan fingerprint density at radius 2 is 2.11 bits per heavy atom. The number of thioether (sulfide) groups is 1. The normalized spacial score (nSPS) is 19.0. The van der Waals surface area contributed by atoms with Crippen molar-refractivity contribution in [2.75, 3.05) is 6.54 Å². The summed E-state index contributed by atoms with van der Waals surface area (Å²) in [5, 5.41) is 10.4. The number of carbonyl (C=O) groups is 3. The summed E-state index contributed by atoms with van der Waals surface area (Å²) in [7, 11) is 0. The van der Waals surface area contributed by atoms with Crippen molar-refractivity contribution in [2.45, 2.75) is 23.5 Å². The van der Waals surface area contributed by atoms with Gasteiger partial charge in [0.1, 0.15) is 0 Å². The number of hydrogen-bond acceptors (Lipinski definition) is 5. The van der Waals surface area contributed by atoms with Gasteiger partial charge in [-0.25, -0.2) is 0 Å². The first-order valence-corrected chi connectivity index (χ1v) is 6.73. The minimum absolute atomic E-state index is 0.0442. The van der Waals surface area contributed by atoms with E-state index in [-0.39, 0.29) is 23.8 Å². The van der Waals surface area contributed by atoms with Crippen molar-refractivity contribution < 1.29 is 19.5 Å². The van der Waals surface area contributed by atoms with Crippen LogP contribution in [0, 0.1) is 0 Å². The van der Waals surface area contributed by atoms with Crippen LogP contribution in [0.4, 0.5) is 0 Å². The van der Waals surface area contributed by atoms with Crippen LogP contribution in [0.2, 0.25) is 0 Å². The van der Waals surface area contributed by atoms with Gasteiger partial charge in [-0.3, -0.25) is 14.5 Å². The first-order chi connectivity index (χ1) is 9.04. The highest BCUT2D eigenvalue weighted by molar-refractivity contribution is 8.00. The number of amides is 2. The van der Waals surface area contributed by atoms with E-state index in [4.69, 9.17) is 0 Å². The summed E-state index contributed by atoms with van der Waals surface area (Å²) in [6.07, 6.45) is 0.110. The second-order valence-electron chi connectivity index (χ2n) is 4.07. The van der Waals surface area contributed by atoms with Gasteiger partial charge in [-0.2, -0.15) is 0 Å². The highest BCUT2D eigenvalue weighted by atomic mass is 32.2. The third-order valence-electron chi connectivity index (χ3n) is 2.89. The van der Waals surface area contributed by atoms with E-state index in [1.165, 1.54) is 11.0 Å². The molecular weight excluding hydrogens is 266 g/mol. The van der Waals surface area contributed by atoms with Gasteiger partial charge in [0.25, 0.3) is 0 Å². The Morgan fingerprint density at radius 1 is 1.42 bits per heavy atom. The van der Waals surface area contributed by atoms with Crippen molar-refractivity contribution in [3.8, 4) is 0 Å². The molecule has 0 saturated carbocycles. The second-order valence-corrected chi connectivity index (χ2v) is 5.32. The molecule has 2 rings (SSSR count). The number of benzene rings is 1. The van der Waals surface area contributed by atoms with Crippen LogP contribution < -0.4 is 5.11 Å². The molecule has 0 aromatic heterocycles. The van der Waals surface area contributed by atoms with E-state index in [1.807, 2.05) is 0 Å². The van der Waals surface area contributed by atoms with E-state index < -0.39 is 11.2 Å². The van der Waals surface area contributed by atoms with Crippen molar-refractivity contribution in [3.05, 3.63) is 29.8 Å². The van der Waals surface area contributed by atoms with Gasteiger partial charge in [-0.15, -0.1) is 11.8 Å². The standard InChI is InChI=1S/C13H13NO4S/c1-2-14-11(15)7-10(12(14)16)19-9-6-4-3-5-8(9)13(17)18/h3-6,10H,2,7H2,1H3,(H,17,18)/p-1/t10-/m0/s1. The number of nitrogens with zero attached hydrogens (tertiary/aromatic N) is 1. The summed E-state index contributed by atoms with van der Waals surface area (Å²) >= 11 is 1.10. The number of rotatable bonds is 4. The van der Waals surface area contributed by atoms with Crippen LogP contribution in [0.5, 0.6) is 0 Å². The predicted octanol–water partition coefficient (Wildman–Crippen LogP) is 0.290. The predicted molar refractivity (Wildman–Crippen MR) is 67.4 cm³/mol. The summed E-state index contributed by atoms with van der Waals surface area (Å²) < 4.78 is 0. The van der Waals surface area contributed by atoms with Crippen molar-refractivity contribution in [1.82, 2.24) is 4.90 Å². The molecule has 1 aliphatic rings. The molecule has 1 atom stereocenters. The molecule has 0 radical (unpaired) electrons. The lowest BCUT2D eigenvalue weighted by Gasteiger charge is -2.14. The second kappa shape index (κ2) is 5.44. The zero-order valence-electron chi connectivity index (χ0n) is 10.3. The molecule has 1 aliphatic heterocycles. The van der Waals surface area contributed by atoms with Crippen LogP contribution in [0.25, 0.3) is 0 Å². The molecule has 1 aromatic rings. The average Bonchev–Trinajstić information content (AvgIpc) is 2.64. The molecule has 1 saturated heterocycles. The lowest BCUT2D eigenvalue weighted by Crippen LogP contribution is -2.31. The fourth-order valence-corrected chi connectivity index (χ4v) is 3.16. The zero-order valence-corrected chi connectivity index (χ0v) is 11.1. The Bertz CT molecular complexity index is 543. The molecular formula is C13H12NO4S-. The molecule has 0 bridgehead atoms. The van der Waals surface area contributed by atoms with Gasteiger partial charge in [0.05, 0.1) is 11.2 Å². The first-order valence-electron chi connectivity index (χ1n) is 5.85. The Balaban J connectivity index is 2.21. The maximum absolute atomic E-state index is 12.0. The van der Waals surface area contributed by atoms with Gasteiger partial charge in [-0.05, 0) is 13.0 Å². The van der Waals surface area contributed by atoms with E-state index in [0.29, 0.717) is 11.4 Å². The minimum Gasteiger partial charge on any atom is -0.545 e. The lowest BCUT2D eigenvalue weighted by atomic mass is 10.2. The van der Waals surface area contributed by atoms with Gasteiger partial charge in [-0.1, -0.05) is 18.2 Å². The molecule has 2 amide bonds. The van der Waals surface area contributed by atoms with E-state index in [0.717, 1.165) is 11.8 Å². The molecule has 6 heteroatoms. The fraction of sp³-hybridized carbons (Fsp3) is 0.308. The maximum atomic E-state index is 12.0. The number of carboxylic acid groups (broad SMARTS) is 1. The summed E-state index contributed by atoms with van der Waals surface area (Å²) in [6.45, 7) is 2.08. The highest BCUT2D eigenvalue weighted by Crippen LogP contribution is 2.33.